The van der Waals surface area contributed by atoms with Gasteiger partial charge in [0.1, 0.15) is 0 Å². The first-order chi connectivity index (χ1) is 14.5. The van der Waals surface area contributed by atoms with E-state index >= 15 is 0 Å². The van der Waals surface area contributed by atoms with E-state index in [4.69, 9.17) is 0 Å². The quantitative estimate of drug-likeness (QED) is 0.441. The van der Waals surface area contributed by atoms with Gasteiger partial charge in [-0.15, -0.1) is 12.4 Å². The van der Waals surface area contributed by atoms with Gasteiger partial charge in [-0.1, -0.05) is 30.3 Å². The van der Waals surface area contributed by atoms with Crippen LogP contribution in [0.1, 0.15) is 6.42 Å². The van der Waals surface area contributed by atoms with Crippen molar-refractivity contribution in [3.8, 4) is 0 Å². The summed E-state index contributed by atoms with van der Waals surface area (Å²) in [7, 11) is -3.94. The summed E-state index contributed by atoms with van der Waals surface area (Å²) in [5, 5.41) is 15.8. The lowest BCUT2D eigenvalue weighted by Crippen LogP contribution is -2.28. The fourth-order valence-electron chi connectivity index (χ4n) is 3.75. The van der Waals surface area contributed by atoms with Gasteiger partial charge in [0.05, 0.1) is 15.5 Å². The van der Waals surface area contributed by atoms with Gasteiger partial charge in [0.25, 0.3) is 15.7 Å². The zero-order valence-corrected chi connectivity index (χ0v) is 18.3. The number of sulfonamides is 1. The van der Waals surface area contributed by atoms with Crippen LogP contribution in [0.2, 0.25) is 0 Å². The fraction of sp³-hybridized carbons (Fsp3) is 0.238. The first-order valence-electron chi connectivity index (χ1n) is 9.70. The second-order valence-corrected chi connectivity index (χ2v) is 8.78. The van der Waals surface area contributed by atoms with Crippen LogP contribution in [-0.2, 0) is 10.0 Å². The van der Waals surface area contributed by atoms with Crippen molar-refractivity contribution in [3.05, 3.63) is 70.8 Å². The summed E-state index contributed by atoms with van der Waals surface area (Å²) < 4.78 is 28.7. The molecule has 0 aromatic heterocycles. The molecule has 0 spiro atoms. The molecule has 0 aliphatic carbocycles. The Morgan fingerprint density at radius 2 is 1.74 bits per heavy atom. The third-order valence-electron chi connectivity index (χ3n) is 5.14. The van der Waals surface area contributed by atoms with Crippen LogP contribution in [-0.4, -0.2) is 39.5 Å². The summed E-state index contributed by atoms with van der Waals surface area (Å²) in [6, 6.07) is 16.3. The molecule has 1 heterocycles. The summed E-state index contributed by atoms with van der Waals surface area (Å²) in [6.45, 7) is 3.59. The Morgan fingerprint density at radius 1 is 0.968 bits per heavy atom. The normalized spacial score (nSPS) is 14.5. The minimum Gasteiger partial charge on any atom is -0.370 e. The van der Waals surface area contributed by atoms with E-state index in [0.717, 1.165) is 43.7 Å². The molecule has 1 fully saturated rings. The Bertz CT molecular complexity index is 1190. The van der Waals surface area contributed by atoms with Gasteiger partial charge < -0.3 is 10.2 Å². The molecule has 31 heavy (non-hydrogen) atoms. The van der Waals surface area contributed by atoms with Gasteiger partial charge in [-0.3, -0.25) is 14.8 Å². The maximum Gasteiger partial charge on any atom is 0.271 e. The van der Waals surface area contributed by atoms with Crippen molar-refractivity contribution in [3.63, 3.8) is 0 Å². The number of anilines is 2. The van der Waals surface area contributed by atoms with Crippen molar-refractivity contribution in [2.45, 2.75) is 11.3 Å². The van der Waals surface area contributed by atoms with Gasteiger partial charge in [0, 0.05) is 48.2 Å². The van der Waals surface area contributed by atoms with Gasteiger partial charge in [-0.05, 0) is 31.2 Å². The number of benzene rings is 3. The lowest BCUT2D eigenvalue weighted by atomic mass is 10.1. The van der Waals surface area contributed by atoms with Gasteiger partial charge in [0.15, 0.2) is 0 Å². The number of halogens is 1. The van der Waals surface area contributed by atoms with E-state index in [2.05, 4.69) is 14.9 Å². The molecule has 164 valence electrons. The minimum atomic E-state index is -3.94. The van der Waals surface area contributed by atoms with Crippen LogP contribution >= 0.6 is 12.4 Å². The summed E-state index contributed by atoms with van der Waals surface area (Å²) in [5.74, 6) is 0. The molecular formula is C21H23ClN4O4S. The van der Waals surface area contributed by atoms with Gasteiger partial charge in [-0.25, -0.2) is 8.42 Å². The van der Waals surface area contributed by atoms with Crippen molar-refractivity contribution in [2.75, 3.05) is 35.8 Å². The topological polar surface area (TPSA) is 105 Å². The second-order valence-electron chi connectivity index (χ2n) is 7.13. The van der Waals surface area contributed by atoms with Gasteiger partial charge in [0.2, 0.25) is 0 Å². The maximum atomic E-state index is 13.1. The average Bonchev–Trinajstić information content (AvgIpc) is 3.02. The minimum absolute atomic E-state index is 0. The fourth-order valence-corrected chi connectivity index (χ4v) is 5.01. The van der Waals surface area contributed by atoms with E-state index < -0.39 is 14.9 Å². The molecule has 2 N–H and O–H groups in total. The third-order valence-corrected chi connectivity index (χ3v) is 6.58. The molecular weight excluding hydrogens is 440 g/mol. The zero-order valence-electron chi connectivity index (χ0n) is 16.7. The number of hydrogen-bond donors (Lipinski definition) is 2. The van der Waals surface area contributed by atoms with Crippen molar-refractivity contribution in [1.29, 1.82) is 0 Å². The average molecular weight is 463 g/mol. The van der Waals surface area contributed by atoms with E-state index in [1.54, 1.807) is 12.1 Å². The predicted octanol–water partition coefficient (Wildman–Crippen LogP) is 3.77. The summed E-state index contributed by atoms with van der Waals surface area (Å²) in [6.07, 6.45) is 1.02. The molecule has 1 aliphatic heterocycles. The van der Waals surface area contributed by atoms with Crippen molar-refractivity contribution >= 4 is 50.3 Å². The van der Waals surface area contributed by atoms with Crippen LogP contribution in [0, 0.1) is 10.1 Å². The number of nitro groups is 1. The molecule has 8 nitrogen and oxygen atoms in total. The van der Waals surface area contributed by atoms with E-state index in [0.29, 0.717) is 5.39 Å². The summed E-state index contributed by atoms with van der Waals surface area (Å²) in [4.78, 5) is 12.8. The van der Waals surface area contributed by atoms with E-state index in [9.17, 15) is 18.5 Å². The van der Waals surface area contributed by atoms with Crippen LogP contribution in [0.4, 0.5) is 17.1 Å². The molecule has 0 atom stereocenters. The Morgan fingerprint density at radius 3 is 2.52 bits per heavy atom. The van der Waals surface area contributed by atoms with Crippen molar-refractivity contribution in [2.24, 2.45) is 0 Å². The lowest BCUT2D eigenvalue weighted by Gasteiger charge is -2.25. The van der Waals surface area contributed by atoms with Crippen molar-refractivity contribution in [1.82, 2.24) is 5.32 Å². The molecule has 1 aliphatic rings. The van der Waals surface area contributed by atoms with E-state index in [1.165, 1.54) is 24.3 Å². The van der Waals surface area contributed by atoms with Crippen LogP contribution in [0.3, 0.4) is 0 Å². The zero-order chi connectivity index (χ0) is 21.1. The molecule has 4 rings (SSSR count). The molecule has 0 saturated carbocycles. The van der Waals surface area contributed by atoms with Gasteiger partial charge in [-0.2, -0.15) is 0 Å². The molecule has 1 saturated heterocycles. The second kappa shape index (κ2) is 9.51. The number of non-ortho nitro benzene ring substituents is 1. The molecule has 0 amide bonds. The number of nitrogens with zero attached hydrogens (tertiary/aromatic N) is 2. The molecule has 3 aromatic carbocycles. The third kappa shape index (κ3) is 4.90. The van der Waals surface area contributed by atoms with Crippen molar-refractivity contribution < 1.29 is 13.3 Å². The monoisotopic (exact) mass is 462 g/mol. The molecule has 0 unspecified atom stereocenters. The van der Waals surface area contributed by atoms with Crippen LogP contribution < -0.4 is 14.9 Å². The standard InChI is InChI=1S/C21H22N4O4S.ClH/c26-25(27)17-6-3-5-16(15-17)23-30(28,29)21-10-9-20(18-7-1-2-8-19(18)21)24-13-4-11-22-12-14-24;/h1-3,5-10,15,22-23H,4,11-14H2;1H. The van der Waals surface area contributed by atoms with Crippen LogP contribution in [0.15, 0.2) is 65.6 Å². The summed E-state index contributed by atoms with van der Waals surface area (Å²) >= 11 is 0. The van der Waals surface area contributed by atoms with E-state index in [1.807, 2.05) is 24.3 Å². The highest BCUT2D eigenvalue weighted by Gasteiger charge is 2.21. The maximum absolute atomic E-state index is 13.1. The van der Waals surface area contributed by atoms with E-state index in [-0.39, 0.29) is 28.7 Å². The SMILES string of the molecule is Cl.O=[N+]([O-])c1cccc(NS(=O)(=O)c2ccc(N3CCCNCC3)c3ccccc23)c1. The highest BCUT2D eigenvalue weighted by Crippen LogP contribution is 2.33. The number of fused-ring (bicyclic) bond motifs is 1. The Kier molecular flexibility index (Phi) is 6.99. The number of nitrogens with one attached hydrogen (secondary N) is 2. The first kappa shape index (κ1) is 22.8. The molecule has 10 heteroatoms. The summed E-state index contributed by atoms with van der Waals surface area (Å²) in [5.41, 5.74) is 0.977. The van der Waals surface area contributed by atoms with Gasteiger partial charge >= 0.3 is 0 Å². The Hall–Kier alpha value is -2.88. The number of nitro benzene ring substituents is 1. The van der Waals surface area contributed by atoms with Crippen LogP contribution in [0.25, 0.3) is 10.8 Å². The predicted molar refractivity (Wildman–Crippen MR) is 125 cm³/mol. The van der Waals surface area contributed by atoms with Crippen LogP contribution in [0.5, 0.6) is 0 Å². The lowest BCUT2D eigenvalue weighted by molar-refractivity contribution is -0.384. The highest BCUT2D eigenvalue weighted by molar-refractivity contribution is 7.93. The first-order valence-corrected chi connectivity index (χ1v) is 11.2. The Balaban J connectivity index is 0.00000272. The molecule has 0 bridgehead atoms. The highest BCUT2D eigenvalue weighted by atomic mass is 35.5. The largest absolute Gasteiger partial charge is 0.370 e. The Labute approximate surface area is 186 Å². The number of rotatable bonds is 5. The smallest absolute Gasteiger partial charge is 0.271 e. The molecule has 3 aromatic rings. The molecule has 0 radical (unpaired) electrons. The number of hydrogen-bond acceptors (Lipinski definition) is 6.